The fraction of sp³-hybridized carbons (Fsp3) is 0.538. The molecule has 0 saturated carbocycles. The van der Waals surface area contributed by atoms with E-state index < -0.39 is 0 Å². The summed E-state index contributed by atoms with van der Waals surface area (Å²) in [6, 6.07) is 7.19. The van der Waals surface area contributed by atoms with Crippen LogP contribution in [0.15, 0.2) is 18.2 Å². The highest BCUT2D eigenvalue weighted by atomic mass is 14.9. The molecule has 0 radical (unpaired) electrons. The molecule has 0 fully saturated rings. The van der Waals surface area contributed by atoms with Crippen molar-refractivity contribution in [2.45, 2.75) is 46.6 Å². The fourth-order valence-corrected chi connectivity index (χ4v) is 1.53. The summed E-state index contributed by atoms with van der Waals surface area (Å²) in [5, 5.41) is 3.49. The van der Waals surface area contributed by atoms with Crippen LogP contribution in [-0.4, -0.2) is 6.04 Å². The van der Waals surface area contributed by atoms with E-state index in [1.165, 1.54) is 16.8 Å². The second kappa shape index (κ2) is 5.04. The number of anilines is 1. The summed E-state index contributed by atoms with van der Waals surface area (Å²) in [6.07, 6.45) is 2.27. The molecule has 14 heavy (non-hydrogen) atoms. The van der Waals surface area contributed by atoms with Gasteiger partial charge in [-0.2, -0.15) is 0 Å². The van der Waals surface area contributed by atoms with Gasteiger partial charge in [-0.05, 0) is 49.9 Å². The van der Waals surface area contributed by atoms with Crippen LogP contribution >= 0.6 is 0 Å². The second-order valence-electron chi connectivity index (χ2n) is 3.95. The Bertz CT molecular complexity index is 291. The quantitative estimate of drug-likeness (QED) is 0.764. The van der Waals surface area contributed by atoms with Gasteiger partial charge in [-0.3, -0.25) is 0 Å². The average Bonchev–Trinajstić information content (AvgIpc) is 2.20. The maximum absolute atomic E-state index is 3.49. The van der Waals surface area contributed by atoms with Crippen LogP contribution in [0.5, 0.6) is 0 Å². The molecular weight excluding hydrogens is 170 g/mol. The summed E-state index contributed by atoms with van der Waals surface area (Å²) in [6.45, 7) is 8.79. The maximum Gasteiger partial charge on any atom is 0.0345 e. The first kappa shape index (κ1) is 11.1. The molecule has 1 unspecified atom stereocenters. The van der Waals surface area contributed by atoms with E-state index in [2.05, 4.69) is 51.2 Å². The molecule has 1 atom stereocenters. The molecule has 0 aromatic heterocycles. The van der Waals surface area contributed by atoms with Crippen molar-refractivity contribution in [3.05, 3.63) is 29.3 Å². The molecule has 0 aliphatic carbocycles. The van der Waals surface area contributed by atoms with Crippen LogP contribution in [0.3, 0.4) is 0 Å². The van der Waals surface area contributed by atoms with Crippen molar-refractivity contribution in [3.8, 4) is 0 Å². The first-order chi connectivity index (χ1) is 6.67. The lowest BCUT2D eigenvalue weighted by molar-refractivity contribution is 0.764. The molecule has 0 saturated heterocycles. The molecule has 0 aliphatic heterocycles. The van der Waals surface area contributed by atoms with Crippen molar-refractivity contribution in [2.24, 2.45) is 0 Å². The van der Waals surface area contributed by atoms with Gasteiger partial charge in [-0.25, -0.2) is 0 Å². The summed E-state index contributed by atoms with van der Waals surface area (Å²) in [7, 11) is 0. The zero-order valence-corrected chi connectivity index (χ0v) is 9.72. The SMILES string of the molecule is CCc1cc(NC(C)CC)ccc1C. The molecule has 0 aliphatic rings. The highest BCUT2D eigenvalue weighted by Gasteiger charge is 2.01. The lowest BCUT2D eigenvalue weighted by atomic mass is 10.1. The lowest BCUT2D eigenvalue weighted by Crippen LogP contribution is -2.13. The van der Waals surface area contributed by atoms with E-state index in [1.807, 2.05) is 0 Å². The summed E-state index contributed by atoms with van der Waals surface area (Å²) >= 11 is 0. The molecule has 1 N–H and O–H groups in total. The normalized spacial score (nSPS) is 12.6. The van der Waals surface area contributed by atoms with Crippen molar-refractivity contribution >= 4 is 5.69 Å². The Labute approximate surface area is 87.5 Å². The van der Waals surface area contributed by atoms with Crippen LogP contribution in [-0.2, 0) is 6.42 Å². The monoisotopic (exact) mass is 191 g/mol. The number of nitrogens with one attached hydrogen (secondary N) is 1. The Morgan fingerprint density at radius 3 is 2.57 bits per heavy atom. The van der Waals surface area contributed by atoms with E-state index in [4.69, 9.17) is 0 Å². The number of benzene rings is 1. The highest BCUT2D eigenvalue weighted by molar-refractivity contribution is 5.49. The minimum absolute atomic E-state index is 0.558. The van der Waals surface area contributed by atoms with Crippen molar-refractivity contribution in [2.75, 3.05) is 5.32 Å². The average molecular weight is 191 g/mol. The Kier molecular flexibility index (Phi) is 3.99. The lowest BCUT2D eigenvalue weighted by Gasteiger charge is -2.14. The Balaban J connectivity index is 2.79. The molecule has 1 aromatic carbocycles. The van der Waals surface area contributed by atoms with Crippen molar-refractivity contribution in [1.29, 1.82) is 0 Å². The van der Waals surface area contributed by atoms with Crippen LogP contribution in [0, 0.1) is 6.92 Å². The highest BCUT2D eigenvalue weighted by Crippen LogP contribution is 2.16. The Hall–Kier alpha value is -0.980. The van der Waals surface area contributed by atoms with Gasteiger partial charge in [0, 0.05) is 11.7 Å². The third kappa shape index (κ3) is 2.76. The third-order valence-corrected chi connectivity index (χ3v) is 2.76. The van der Waals surface area contributed by atoms with Gasteiger partial charge in [0.25, 0.3) is 0 Å². The van der Waals surface area contributed by atoms with E-state index in [9.17, 15) is 0 Å². The van der Waals surface area contributed by atoms with E-state index in [0.29, 0.717) is 6.04 Å². The van der Waals surface area contributed by atoms with Crippen LogP contribution in [0.2, 0.25) is 0 Å². The molecule has 1 heteroatoms. The van der Waals surface area contributed by atoms with Crippen LogP contribution < -0.4 is 5.32 Å². The molecule has 0 spiro atoms. The van der Waals surface area contributed by atoms with Gasteiger partial charge in [0.2, 0.25) is 0 Å². The van der Waals surface area contributed by atoms with Gasteiger partial charge in [-0.15, -0.1) is 0 Å². The topological polar surface area (TPSA) is 12.0 Å². The van der Waals surface area contributed by atoms with Crippen LogP contribution in [0.25, 0.3) is 0 Å². The van der Waals surface area contributed by atoms with E-state index in [0.717, 1.165) is 12.8 Å². The van der Waals surface area contributed by atoms with Crippen LogP contribution in [0.4, 0.5) is 5.69 Å². The minimum atomic E-state index is 0.558. The first-order valence-corrected chi connectivity index (χ1v) is 5.53. The minimum Gasteiger partial charge on any atom is -0.383 e. The molecule has 0 bridgehead atoms. The molecular formula is C13H21N. The summed E-state index contributed by atoms with van der Waals surface area (Å²) in [5.41, 5.74) is 4.09. The van der Waals surface area contributed by atoms with E-state index in [1.54, 1.807) is 0 Å². The standard InChI is InChI=1S/C13H21N/c1-5-11(4)14-13-8-7-10(3)12(6-2)9-13/h7-9,11,14H,5-6H2,1-4H3. The van der Waals surface area contributed by atoms with Gasteiger partial charge in [0.15, 0.2) is 0 Å². The maximum atomic E-state index is 3.49. The molecule has 0 amide bonds. The molecule has 1 aromatic rings. The predicted octanol–water partition coefficient (Wildman–Crippen LogP) is 3.77. The van der Waals surface area contributed by atoms with Gasteiger partial charge in [-0.1, -0.05) is 19.9 Å². The second-order valence-corrected chi connectivity index (χ2v) is 3.95. The van der Waals surface area contributed by atoms with Crippen molar-refractivity contribution in [3.63, 3.8) is 0 Å². The number of hydrogen-bond acceptors (Lipinski definition) is 1. The third-order valence-electron chi connectivity index (χ3n) is 2.76. The Morgan fingerprint density at radius 2 is 2.00 bits per heavy atom. The first-order valence-electron chi connectivity index (χ1n) is 5.53. The van der Waals surface area contributed by atoms with E-state index in [-0.39, 0.29) is 0 Å². The van der Waals surface area contributed by atoms with Crippen molar-refractivity contribution in [1.82, 2.24) is 0 Å². The largest absolute Gasteiger partial charge is 0.383 e. The van der Waals surface area contributed by atoms with Gasteiger partial charge < -0.3 is 5.32 Å². The predicted molar refractivity (Wildman–Crippen MR) is 63.9 cm³/mol. The van der Waals surface area contributed by atoms with E-state index >= 15 is 0 Å². The molecule has 78 valence electrons. The molecule has 0 heterocycles. The fourth-order valence-electron chi connectivity index (χ4n) is 1.53. The van der Waals surface area contributed by atoms with Gasteiger partial charge in [0.05, 0.1) is 0 Å². The summed E-state index contributed by atoms with van der Waals surface area (Å²) in [5.74, 6) is 0. The molecule has 1 nitrogen and oxygen atoms in total. The number of aryl methyl sites for hydroxylation is 2. The van der Waals surface area contributed by atoms with Gasteiger partial charge in [0.1, 0.15) is 0 Å². The van der Waals surface area contributed by atoms with Crippen LogP contribution in [0.1, 0.15) is 38.3 Å². The summed E-state index contributed by atoms with van der Waals surface area (Å²) < 4.78 is 0. The van der Waals surface area contributed by atoms with Gasteiger partial charge >= 0.3 is 0 Å². The number of rotatable bonds is 4. The zero-order chi connectivity index (χ0) is 10.6. The molecule has 1 rings (SSSR count). The Morgan fingerprint density at radius 1 is 1.29 bits per heavy atom. The van der Waals surface area contributed by atoms with Crippen molar-refractivity contribution < 1.29 is 0 Å². The smallest absolute Gasteiger partial charge is 0.0345 e. The summed E-state index contributed by atoms with van der Waals surface area (Å²) in [4.78, 5) is 0. The number of hydrogen-bond donors (Lipinski definition) is 1. The zero-order valence-electron chi connectivity index (χ0n) is 9.72.